The summed E-state index contributed by atoms with van der Waals surface area (Å²) in [5.41, 5.74) is 11.4. The van der Waals surface area contributed by atoms with E-state index in [0.717, 1.165) is 16.3 Å². The molecule has 1 nitrogen and oxygen atoms in total. The van der Waals surface area contributed by atoms with E-state index in [1.54, 1.807) is 0 Å². The van der Waals surface area contributed by atoms with Gasteiger partial charge < -0.3 is 0 Å². The van der Waals surface area contributed by atoms with Crippen LogP contribution in [0.25, 0.3) is 33.5 Å². The fourth-order valence-corrected chi connectivity index (χ4v) is 6.18. The van der Waals surface area contributed by atoms with Gasteiger partial charge in [-0.15, -0.1) is 0 Å². The van der Waals surface area contributed by atoms with Crippen molar-refractivity contribution in [3.63, 3.8) is 0 Å². The first-order valence-corrected chi connectivity index (χ1v) is 13.2. The summed E-state index contributed by atoms with van der Waals surface area (Å²) in [4.78, 5) is 4.50. The summed E-state index contributed by atoms with van der Waals surface area (Å²) < 4.78 is 0. The molecule has 0 saturated heterocycles. The normalized spacial score (nSPS) is 13.1. The molecule has 1 aliphatic rings. The summed E-state index contributed by atoms with van der Waals surface area (Å²) >= 11 is 6.66. The maximum absolute atomic E-state index is 6.66. The van der Waals surface area contributed by atoms with Crippen LogP contribution in [0.1, 0.15) is 22.3 Å². The number of fused-ring (bicyclic) bond motifs is 3. The van der Waals surface area contributed by atoms with Crippen LogP contribution in [0.15, 0.2) is 146 Å². The maximum Gasteiger partial charge on any atom is 0.0714 e. The minimum atomic E-state index is -0.470. The summed E-state index contributed by atoms with van der Waals surface area (Å²) in [6.07, 6.45) is 1.83. The predicted molar refractivity (Wildman–Crippen MR) is 157 cm³/mol. The van der Waals surface area contributed by atoms with Gasteiger partial charge in [-0.25, -0.2) is 0 Å². The average Bonchev–Trinajstić information content (AvgIpc) is 3.28. The van der Waals surface area contributed by atoms with E-state index < -0.39 is 5.41 Å². The van der Waals surface area contributed by atoms with Crippen LogP contribution in [-0.4, -0.2) is 4.98 Å². The molecule has 5 aromatic carbocycles. The Bertz CT molecular complexity index is 1700. The van der Waals surface area contributed by atoms with Crippen LogP contribution >= 0.6 is 11.6 Å². The Balaban J connectivity index is 1.47. The zero-order valence-corrected chi connectivity index (χ0v) is 21.4. The van der Waals surface area contributed by atoms with Gasteiger partial charge in [0.1, 0.15) is 0 Å². The SMILES string of the molecule is Clc1ccc2c(c1)C(c1ccccc1)(c1ccccc1)c1cc(-c3ccc(-c4ccccn4)cc3)ccc1-2. The number of benzene rings is 5. The molecule has 1 heterocycles. The van der Waals surface area contributed by atoms with Crippen LogP contribution in [0.5, 0.6) is 0 Å². The van der Waals surface area contributed by atoms with E-state index in [1.807, 2.05) is 30.5 Å². The van der Waals surface area contributed by atoms with Crippen molar-refractivity contribution in [2.75, 3.05) is 0 Å². The topological polar surface area (TPSA) is 12.9 Å². The smallest absolute Gasteiger partial charge is 0.0714 e. The van der Waals surface area contributed by atoms with Crippen LogP contribution < -0.4 is 0 Å². The van der Waals surface area contributed by atoms with Crippen molar-refractivity contribution in [2.45, 2.75) is 5.41 Å². The zero-order chi connectivity index (χ0) is 25.5. The molecule has 2 heteroatoms. The molecular weight excluding hydrogens is 482 g/mol. The maximum atomic E-state index is 6.66. The van der Waals surface area contributed by atoms with Crippen molar-refractivity contribution in [2.24, 2.45) is 0 Å². The first-order chi connectivity index (χ1) is 18.7. The number of nitrogens with zero attached hydrogens (tertiary/aromatic N) is 1. The van der Waals surface area contributed by atoms with Gasteiger partial charge in [0, 0.05) is 16.8 Å². The first kappa shape index (κ1) is 22.7. The minimum Gasteiger partial charge on any atom is -0.256 e. The summed E-state index contributed by atoms with van der Waals surface area (Å²) in [6.45, 7) is 0. The highest BCUT2D eigenvalue weighted by atomic mass is 35.5. The summed E-state index contributed by atoms with van der Waals surface area (Å²) in [5.74, 6) is 0. The van der Waals surface area contributed by atoms with Gasteiger partial charge in [0.2, 0.25) is 0 Å². The fraction of sp³-hybridized carbons (Fsp3) is 0.0278. The Hall–Kier alpha value is -4.46. The molecule has 1 aromatic heterocycles. The van der Waals surface area contributed by atoms with Crippen molar-refractivity contribution in [3.05, 3.63) is 173 Å². The lowest BCUT2D eigenvalue weighted by molar-refractivity contribution is 0.769. The minimum absolute atomic E-state index is 0.470. The molecule has 0 atom stereocenters. The van der Waals surface area contributed by atoms with E-state index in [4.69, 9.17) is 11.6 Å². The highest BCUT2D eigenvalue weighted by Crippen LogP contribution is 2.57. The van der Waals surface area contributed by atoms with E-state index in [-0.39, 0.29) is 0 Å². The third-order valence-electron chi connectivity index (χ3n) is 7.69. The van der Waals surface area contributed by atoms with Crippen molar-refractivity contribution in [1.29, 1.82) is 0 Å². The molecule has 0 unspecified atom stereocenters. The average molecular weight is 506 g/mol. The van der Waals surface area contributed by atoms with Gasteiger partial charge in [-0.3, -0.25) is 4.98 Å². The Kier molecular flexibility index (Phi) is 5.46. The van der Waals surface area contributed by atoms with Crippen molar-refractivity contribution >= 4 is 11.6 Å². The monoisotopic (exact) mass is 505 g/mol. The molecule has 0 radical (unpaired) electrons. The molecule has 0 spiro atoms. The van der Waals surface area contributed by atoms with E-state index in [9.17, 15) is 0 Å². The first-order valence-electron chi connectivity index (χ1n) is 12.8. The van der Waals surface area contributed by atoms with E-state index in [1.165, 1.54) is 44.5 Å². The van der Waals surface area contributed by atoms with Crippen molar-refractivity contribution in [1.82, 2.24) is 4.98 Å². The Labute approximate surface area is 228 Å². The Morgan fingerprint density at radius 1 is 0.474 bits per heavy atom. The van der Waals surface area contributed by atoms with Gasteiger partial charge in [0.15, 0.2) is 0 Å². The number of pyridine rings is 1. The number of halogens is 1. The molecule has 6 aromatic rings. The lowest BCUT2D eigenvalue weighted by Gasteiger charge is -2.34. The zero-order valence-electron chi connectivity index (χ0n) is 20.7. The van der Waals surface area contributed by atoms with Gasteiger partial charge in [0.05, 0.1) is 11.1 Å². The summed E-state index contributed by atoms with van der Waals surface area (Å²) in [5, 5.41) is 0.748. The molecule has 7 rings (SSSR count). The standard InChI is InChI=1S/C36H24ClN/c37-30-19-21-32-31-20-18-27(25-14-16-26(17-15-25)35-13-7-8-22-38-35)23-33(31)36(34(32)24-30,28-9-3-1-4-10-28)29-11-5-2-6-12-29/h1-24H. The van der Waals surface area contributed by atoms with Gasteiger partial charge in [-0.05, 0) is 74.8 Å². The summed E-state index contributed by atoms with van der Waals surface area (Å²) in [7, 11) is 0. The van der Waals surface area contributed by atoms with Gasteiger partial charge >= 0.3 is 0 Å². The molecule has 0 N–H and O–H groups in total. The highest BCUT2D eigenvalue weighted by Gasteiger charge is 2.46. The van der Waals surface area contributed by atoms with Gasteiger partial charge in [-0.1, -0.05) is 121 Å². The largest absolute Gasteiger partial charge is 0.256 e. The number of aromatic nitrogens is 1. The van der Waals surface area contributed by atoms with E-state index in [0.29, 0.717) is 0 Å². The number of rotatable bonds is 4. The van der Waals surface area contributed by atoms with E-state index >= 15 is 0 Å². The molecule has 180 valence electrons. The van der Waals surface area contributed by atoms with Crippen molar-refractivity contribution in [3.8, 4) is 33.5 Å². The predicted octanol–water partition coefficient (Wildman–Crippen LogP) is 9.43. The third-order valence-corrected chi connectivity index (χ3v) is 7.93. The second-order valence-corrected chi connectivity index (χ2v) is 10.2. The van der Waals surface area contributed by atoms with Crippen LogP contribution in [0.3, 0.4) is 0 Å². The van der Waals surface area contributed by atoms with Crippen LogP contribution in [0, 0.1) is 0 Å². The second-order valence-electron chi connectivity index (χ2n) is 9.72. The van der Waals surface area contributed by atoms with Crippen LogP contribution in [0.2, 0.25) is 5.02 Å². The molecule has 38 heavy (non-hydrogen) atoms. The van der Waals surface area contributed by atoms with Crippen LogP contribution in [-0.2, 0) is 5.41 Å². The van der Waals surface area contributed by atoms with Gasteiger partial charge in [-0.2, -0.15) is 0 Å². The summed E-state index contributed by atoms with van der Waals surface area (Å²) in [6, 6.07) is 49.5. The quantitative estimate of drug-likeness (QED) is 0.232. The molecule has 0 amide bonds. The lowest BCUT2D eigenvalue weighted by Crippen LogP contribution is -2.28. The highest BCUT2D eigenvalue weighted by molar-refractivity contribution is 6.30. The lowest BCUT2D eigenvalue weighted by atomic mass is 9.67. The molecule has 0 aliphatic heterocycles. The number of hydrogen-bond acceptors (Lipinski definition) is 1. The Morgan fingerprint density at radius 3 is 1.66 bits per heavy atom. The molecule has 0 fully saturated rings. The fourth-order valence-electron chi connectivity index (χ4n) is 6.01. The van der Waals surface area contributed by atoms with Crippen LogP contribution in [0.4, 0.5) is 0 Å². The van der Waals surface area contributed by atoms with Gasteiger partial charge in [0.25, 0.3) is 0 Å². The Morgan fingerprint density at radius 2 is 1.03 bits per heavy atom. The molecule has 0 bridgehead atoms. The third kappa shape index (κ3) is 3.51. The van der Waals surface area contributed by atoms with E-state index in [2.05, 4.69) is 120 Å². The number of hydrogen-bond donors (Lipinski definition) is 0. The molecule has 1 aliphatic carbocycles. The van der Waals surface area contributed by atoms with Crippen molar-refractivity contribution < 1.29 is 0 Å². The second kappa shape index (κ2) is 9.13. The molecule has 0 saturated carbocycles. The molecular formula is C36H24ClN.